The SMILES string of the molecule is c1ccc(-c2nc(-c3ccc4c5ccccc5c5ccccc5c4c3)nc(-c3cccc4oc5ccc(-c6ccc(-c7ccccc7)c7oc8ccccc8c67)cc5c34)n2)cc1. The Hall–Kier alpha value is -8.41. The normalized spacial score (nSPS) is 11.9. The number of hydrogen-bond donors (Lipinski definition) is 0. The van der Waals surface area contributed by atoms with Crippen molar-refractivity contribution in [1.29, 1.82) is 0 Å². The van der Waals surface area contributed by atoms with Crippen LogP contribution in [0, 0.1) is 0 Å². The highest BCUT2D eigenvalue weighted by Crippen LogP contribution is 2.44. The van der Waals surface area contributed by atoms with Crippen molar-refractivity contribution in [3.05, 3.63) is 200 Å². The molecule has 0 spiro atoms. The number of rotatable bonds is 5. The summed E-state index contributed by atoms with van der Waals surface area (Å²) < 4.78 is 13.2. The highest BCUT2D eigenvalue weighted by molar-refractivity contribution is 6.26. The summed E-state index contributed by atoms with van der Waals surface area (Å²) in [7, 11) is 0. The predicted molar refractivity (Wildman–Crippen MR) is 254 cm³/mol. The molecule has 0 N–H and O–H groups in total. The molecule has 0 saturated heterocycles. The lowest BCUT2D eigenvalue weighted by atomic mass is 9.93. The molecule has 0 bridgehead atoms. The maximum absolute atomic E-state index is 6.64. The van der Waals surface area contributed by atoms with Gasteiger partial charge in [-0.05, 0) is 85.4 Å². The van der Waals surface area contributed by atoms with E-state index in [0.717, 1.165) is 88.2 Å². The Morgan fingerprint density at radius 2 is 0.790 bits per heavy atom. The molecule has 3 heterocycles. The van der Waals surface area contributed by atoms with Crippen LogP contribution in [-0.4, -0.2) is 15.0 Å². The molecular weight excluding hydrogens is 759 g/mol. The van der Waals surface area contributed by atoms with E-state index in [-0.39, 0.29) is 0 Å². The number of hydrogen-bond acceptors (Lipinski definition) is 5. The van der Waals surface area contributed by atoms with Gasteiger partial charge in [-0.25, -0.2) is 15.0 Å². The fourth-order valence-corrected chi connectivity index (χ4v) is 9.48. The zero-order chi connectivity index (χ0) is 40.7. The Kier molecular flexibility index (Phi) is 7.54. The largest absolute Gasteiger partial charge is 0.456 e. The summed E-state index contributed by atoms with van der Waals surface area (Å²) in [5, 5.41) is 11.3. The van der Waals surface area contributed by atoms with Gasteiger partial charge in [0.2, 0.25) is 0 Å². The fraction of sp³-hybridized carbons (Fsp3) is 0. The van der Waals surface area contributed by atoms with Crippen LogP contribution < -0.4 is 0 Å². The molecule has 0 radical (unpaired) electrons. The van der Waals surface area contributed by atoms with Crippen molar-refractivity contribution in [2.24, 2.45) is 0 Å². The summed E-state index contributed by atoms with van der Waals surface area (Å²) in [6, 6.07) is 69.7. The number of furan rings is 2. The number of nitrogens with zero attached hydrogens (tertiary/aromatic N) is 3. The van der Waals surface area contributed by atoms with Crippen LogP contribution in [0.15, 0.2) is 209 Å². The Balaban J connectivity index is 1.03. The maximum atomic E-state index is 6.64. The lowest BCUT2D eigenvalue weighted by molar-refractivity contribution is 0.669. The molecule has 5 nitrogen and oxygen atoms in total. The third-order valence-corrected chi connectivity index (χ3v) is 12.3. The van der Waals surface area contributed by atoms with Gasteiger partial charge in [-0.3, -0.25) is 0 Å². The molecular formula is C57H33N3O2. The highest BCUT2D eigenvalue weighted by Gasteiger charge is 2.21. The molecule has 288 valence electrons. The van der Waals surface area contributed by atoms with Crippen molar-refractivity contribution >= 4 is 76.2 Å². The van der Waals surface area contributed by atoms with E-state index in [2.05, 4.69) is 140 Å². The first-order chi connectivity index (χ1) is 30.7. The molecule has 62 heavy (non-hydrogen) atoms. The van der Waals surface area contributed by atoms with Crippen molar-refractivity contribution < 1.29 is 8.83 Å². The first-order valence-electron chi connectivity index (χ1n) is 20.8. The van der Waals surface area contributed by atoms with E-state index in [1.807, 2.05) is 60.7 Å². The van der Waals surface area contributed by atoms with Gasteiger partial charge >= 0.3 is 0 Å². The third kappa shape index (κ3) is 5.32. The molecule has 3 aromatic heterocycles. The number of aromatic nitrogens is 3. The highest BCUT2D eigenvalue weighted by atomic mass is 16.3. The van der Waals surface area contributed by atoms with Gasteiger partial charge in [0.05, 0.1) is 0 Å². The summed E-state index contributed by atoms with van der Waals surface area (Å²) in [6.07, 6.45) is 0. The molecule has 10 aromatic carbocycles. The van der Waals surface area contributed by atoms with E-state index in [9.17, 15) is 0 Å². The van der Waals surface area contributed by atoms with Crippen LogP contribution in [-0.2, 0) is 0 Å². The first-order valence-corrected chi connectivity index (χ1v) is 20.8. The summed E-state index contributed by atoms with van der Waals surface area (Å²) in [5.74, 6) is 1.78. The minimum Gasteiger partial charge on any atom is -0.456 e. The van der Waals surface area contributed by atoms with E-state index in [1.165, 1.54) is 26.9 Å². The Labute approximate surface area is 355 Å². The van der Waals surface area contributed by atoms with Crippen LogP contribution >= 0.6 is 0 Å². The molecule has 0 amide bonds. The molecule has 13 aromatic rings. The van der Waals surface area contributed by atoms with Gasteiger partial charge in [0.1, 0.15) is 22.3 Å². The summed E-state index contributed by atoms with van der Waals surface area (Å²) in [5.41, 5.74) is 10.3. The minimum atomic E-state index is 0.575. The van der Waals surface area contributed by atoms with Crippen LogP contribution in [0.4, 0.5) is 0 Å². The van der Waals surface area contributed by atoms with Gasteiger partial charge in [0.15, 0.2) is 17.5 Å². The summed E-state index contributed by atoms with van der Waals surface area (Å²) in [6.45, 7) is 0. The third-order valence-electron chi connectivity index (χ3n) is 12.3. The summed E-state index contributed by atoms with van der Waals surface area (Å²) >= 11 is 0. The van der Waals surface area contributed by atoms with Gasteiger partial charge in [-0.15, -0.1) is 0 Å². The van der Waals surface area contributed by atoms with Crippen molar-refractivity contribution in [2.75, 3.05) is 0 Å². The van der Waals surface area contributed by atoms with Crippen LogP contribution in [0.25, 0.3) is 133 Å². The zero-order valence-electron chi connectivity index (χ0n) is 33.2. The molecule has 13 rings (SSSR count). The Morgan fingerprint density at radius 1 is 0.258 bits per heavy atom. The lowest BCUT2D eigenvalue weighted by Crippen LogP contribution is -2.00. The van der Waals surface area contributed by atoms with Crippen molar-refractivity contribution in [3.8, 4) is 56.4 Å². The number of fused-ring (bicyclic) bond motifs is 12. The molecule has 0 aliphatic carbocycles. The van der Waals surface area contributed by atoms with Crippen molar-refractivity contribution in [1.82, 2.24) is 15.0 Å². The second kappa shape index (κ2) is 13.6. The molecule has 0 fully saturated rings. The van der Waals surface area contributed by atoms with Gasteiger partial charge < -0.3 is 8.83 Å². The van der Waals surface area contributed by atoms with Gasteiger partial charge in [-0.1, -0.05) is 164 Å². The van der Waals surface area contributed by atoms with E-state index in [4.69, 9.17) is 23.8 Å². The molecule has 0 aliphatic rings. The first kappa shape index (κ1) is 34.5. The number of benzene rings is 10. The molecule has 0 atom stereocenters. The van der Waals surface area contributed by atoms with Crippen LogP contribution in [0.3, 0.4) is 0 Å². The number of para-hydroxylation sites is 1. The second-order valence-electron chi connectivity index (χ2n) is 15.8. The molecule has 5 heteroatoms. The van der Waals surface area contributed by atoms with E-state index in [0.29, 0.717) is 17.5 Å². The predicted octanol–water partition coefficient (Wildman–Crippen LogP) is 15.5. The van der Waals surface area contributed by atoms with E-state index < -0.39 is 0 Å². The van der Waals surface area contributed by atoms with Crippen LogP contribution in [0.1, 0.15) is 0 Å². The minimum absolute atomic E-state index is 0.575. The monoisotopic (exact) mass is 791 g/mol. The quantitative estimate of drug-likeness (QED) is 0.162. The van der Waals surface area contributed by atoms with Crippen LogP contribution in [0.5, 0.6) is 0 Å². The van der Waals surface area contributed by atoms with Crippen LogP contribution in [0.2, 0.25) is 0 Å². The average Bonchev–Trinajstić information content (AvgIpc) is 3.93. The van der Waals surface area contributed by atoms with Gasteiger partial charge in [0.25, 0.3) is 0 Å². The smallest absolute Gasteiger partial charge is 0.164 e. The maximum Gasteiger partial charge on any atom is 0.164 e. The topological polar surface area (TPSA) is 65.0 Å². The van der Waals surface area contributed by atoms with E-state index in [1.54, 1.807) is 0 Å². The van der Waals surface area contributed by atoms with Crippen molar-refractivity contribution in [2.45, 2.75) is 0 Å². The second-order valence-corrected chi connectivity index (χ2v) is 15.8. The Bertz CT molecular complexity index is 3890. The molecule has 0 aliphatic heterocycles. The van der Waals surface area contributed by atoms with E-state index >= 15 is 0 Å². The van der Waals surface area contributed by atoms with Gasteiger partial charge in [-0.2, -0.15) is 0 Å². The van der Waals surface area contributed by atoms with Gasteiger partial charge in [0, 0.05) is 43.8 Å². The van der Waals surface area contributed by atoms with Crippen molar-refractivity contribution in [3.63, 3.8) is 0 Å². The Morgan fingerprint density at radius 3 is 1.53 bits per heavy atom. The fourth-order valence-electron chi connectivity index (χ4n) is 9.48. The lowest BCUT2D eigenvalue weighted by Gasteiger charge is -2.13. The molecule has 0 unspecified atom stereocenters. The average molecular weight is 792 g/mol. The summed E-state index contributed by atoms with van der Waals surface area (Å²) in [4.78, 5) is 15.7. The zero-order valence-corrected chi connectivity index (χ0v) is 33.2. The molecule has 0 saturated carbocycles. The standard InChI is InChI=1S/C57H33N3O2/c1-3-14-34(15-4-1)39-30-29-38(53-45-22-11-12-24-49(45)62-54(39)53)36-27-31-50-48(32-36)52-46(23-13-25-51(52)61-50)57-59-55(35-16-5-2-6-17-35)58-56(60-57)37-26-28-44-42-20-8-7-18-40(42)41-19-9-10-21-43(41)47(44)33-37/h1-33H.